The Morgan fingerprint density at radius 1 is 1.09 bits per heavy atom. The Labute approximate surface area is 140 Å². The highest BCUT2D eigenvalue weighted by molar-refractivity contribution is 5.30. The summed E-state index contributed by atoms with van der Waals surface area (Å²) < 4.78 is 45.4. The molecule has 2 rings (SSSR count). The Kier molecular flexibility index (Phi) is 7.36. The monoisotopic (exact) mass is 345 g/mol. The smallest absolute Gasteiger partial charge is 0.416 e. The molecule has 1 aromatic carbocycles. The van der Waals surface area contributed by atoms with Crippen molar-refractivity contribution in [3.05, 3.63) is 59.9 Å². The molecule has 0 aliphatic rings. The minimum Gasteiger partial charge on any atom is -1.00 e. The van der Waals surface area contributed by atoms with Gasteiger partial charge in [0.2, 0.25) is 0 Å². The summed E-state index contributed by atoms with van der Waals surface area (Å²) in [4.78, 5) is 0. The van der Waals surface area contributed by atoms with Crippen LogP contribution in [0.3, 0.4) is 0 Å². The standard InChI is InChI=1S/C17H19F3NO.ClH/c1-2-15-8-3-4-10-21(15)11-6-12-22-16-9-5-7-14(13-16)17(18,19)20;/h3-5,7-10,13H,2,6,11-12H2,1H3;1H/q+1;/p-1. The van der Waals surface area contributed by atoms with Gasteiger partial charge in [0.15, 0.2) is 18.4 Å². The van der Waals surface area contributed by atoms with E-state index in [2.05, 4.69) is 17.6 Å². The molecule has 2 aromatic rings. The van der Waals surface area contributed by atoms with Crippen LogP contribution in [0.1, 0.15) is 24.6 Å². The molecular formula is C17H19ClF3NO. The fourth-order valence-corrected chi connectivity index (χ4v) is 2.24. The van der Waals surface area contributed by atoms with E-state index in [1.165, 1.54) is 11.8 Å². The first-order valence-electron chi connectivity index (χ1n) is 7.28. The van der Waals surface area contributed by atoms with Crippen molar-refractivity contribution in [2.24, 2.45) is 0 Å². The fourth-order valence-electron chi connectivity index (χ4n) is 2.24. The van der Waals surface area contributed by atoms with Crippen molar-refractivity contribution in [2.45, 2.75) is 32.5 Å². The maximum atomic E-state index is 12.6. The molecule has 126 valence electrons. The normalized spacial score (nSPS) is 11.0. The largest absolute Gasteiger partial charge is 1.00 e. The van der Waals surface area contributed by atoms with Crippen LogP contribution in [0.2, 0.25) is 0 Å². The summed E-state index contributed by atoms with van der Waals surface area (Å²) in [6, 6.07) is 11.0. The number of nitrogens with zero attached hydrogens (tertiary/aromatic N) is 1. The van der Waals surface area contributed by atoms with Crippen molar-refractivity contribution >= 4 is 0 Å². The van der Waals surface area contributed by atoms with Crippen molar-refractivity contribution in [3.63, 3.8) is 0 Å². The summed E-state index contributed by atoms with van der Waals surface area (Å²) in [6.07, 6.45) is -0.661. The SMILES string of the molecule is CCc1cccc[n+]1CCCOc1cccc(C(F)(F)F)c1.[Cl-]. The number of alkyl halides is 3. The van der Waals surface area contributed by atoms with Crippen LogP contribution >= 0.6 is 0 Å². The van der Waals surface area contributed by atoms with Crippen LogP contribution in [0, 0.1) is 0 Å². The van der Waals surface area contributed by atoms with Gasteiger partial charge in [-0.3, -0.25) is 0 Å². The van der Waals surface area contributed by atoms with Gasteiger partial charge in [0.05, 0.1) is 12.2 Å². The van der Waals surface area contributed by atoms with Crippen LogP contribution in [0.15, 0.2) is 48.7 Å². The predicted octanol–water partition coefficient (Wildman–Crippen LogP) is 1.03. The molecule has 0 saturated heterocycles. The van der Waals surface area contributed by atoms with E-state index in [0.717, 1.165) is 31.5 Å². The molecule has 0 saturated carbocycles. The fraction of sp³-hybridized carbons (Fsp3) is 0.353. The number of ether oxygens (including phenoxy) is 1. The molecule has 0 aliphatic heterocycles. The predicted molar refractivity (Wildman–Crippen MR) is 77.6 cm³/mol. The lowest BCUT2D eigenvalue weighted by Crippen LogP contribution is -3.00. The summed E-state index contributed by atoms with van der Waals surface area (Å²) >= 11 is 0. The van der Waals surface area contributed by atoms with E-state index < -0.39 is 11.7 Å². The van der Waals surface area contributed by atoms with Crippen molar-refractivity contribution in [3.8, 4) is 5.75 Å². The van der Waals surface area contributed by atoms with E-state index in [4.69, 9.17) is 4.74 Å². The van der Waals surface area contributed by atoms with E-state index in [9.17, 15) is 13.2 Å². The van der Waals surface area contributed by atoms with Gasteiger partial charge in [0, 0.05) is 25.0 Å². The maximum absolute atomic E-state index is 12.6. The third-order valence-electron chi connectivity index (χ3n) is 3.37. The minimum atomic E-state index is -4.34. The first-order valence-corrected chi connectivity index (χ1v) is 7.28. The number of aromatic nitrogens is 1. The van der Waals surface area contributed by atoms with Crippen LogP contribution in [0.5, 0.6) is 5.75 Å². The molecule has 0 N–H and O–H groups in total. The van der Waals surface area contributed by atoms with Crippen molar-refractivity contribution in [1.29, 1.82) is 0 Å². The molecule has 0 spiro atoms. The Hall–Kier alpha value is -1.75. The van der Waals surface area contributed by atoms with Gasteiger partial charge in [-0.05, 0) is 18.2 Å². The second-order valence-electron chi connectivity index (χ2n) is 4.97. The van der Waals surface area contributed by atoms with Crippen LogP contribution in [0.25, 0.3) is 0 Å². The molecule has 0 bridgehead atoms. The van der Waals surface area contributed by atoms with Crippen molar-refractivity contribution in [1.82, 2.24) is 0 Å². The lowest BCUT2D eigenvalue weighted by atomic mass is 10.2. The number of pyridine rings is 1. The molecule has 1 aromatic heterocycles. The van der Waals surface area contributed by atoms with Gasteiger partial charge in [-0.15, -0.1) is 0 Å². The number of halogens is 4. The van der Waals surface area contributed by atoms with Gasteiger partial charge < -0.3 is 17.1 Å². The first kappa shape index (κ1) is 19.3. The molecule has 6 heteroatoms. The van der Waals surface area contributed by atoms with E-state index in [-0.39, 0.29) is 18.2 Å². The van der Waals surface area contributed by atoms with Crippen LogP contribution in [0.4, 0.5) is 13.2 Å². The van der Waals surface area contributed by atoms with Gasteiger partial charge in [0.25, 0.3) is 0 Å². The highest BCUT2D eigenvalue weighted by Gasteiger charge is 2.30. The highest BCUT2D eigenvalue weighted by atomic mass is 35.5. The number of rotatable bonds is 6. The van der Waals surface area contributed by atoms with Crippen LogP contribution < -0.4 is 21.7 Å². The Balaban J connectivity index is 0.00000264. The second-order valence-corrected chi connectivity index (χ2v) is 4.97. The zero-order valence-electron chi connectivity index (χ0n) is 12.8. The van der Waals surface area contributed by atoms with E-state index in [1.54, 1.807) is 6.07 Å². The van der Waals surface area contributed by atoms with E-state index in [0.29, 0.717) is 6.61 Å². The van der Waals surface area contributed by atoms with E-state index >= 15 is 0 Å². The second kappa shape index (κ2) is 8.77. The average molecular weight is 346 g/mol. The topological polar surface area (TPSA) is 13.1 Å². The Morgan fingerprint density at radius 2 is 1.87 bits per heavy atom. The Bertz CT molecular complexity index is 617. The Morgan fingerprint density at radius 3 is 2.57 bits per heavy atom. The minimum absolute atomic E-state index is 0. The van der Waals surface area contributed by atoms with Gasteiger partial charge in [-0.2, -0.15) is 13.2 Å². The molecule has 0 atom stereocenters. The molecule has 0 aliphatic carbocycles. The summed E-state index contributed by atoms with van der Waals surface area (Å²) in [5, 5.41) is 0. The van der Waals surface area contributed by atoms with Crippen molar-refractivity contribution in [2.75, 3.05) is 6.61 Å². The zero-order chi connectivity index (χ0) is 16.0. The summed E-state index contributed by atoms with van der Waals surface area (Å²) in [5.41, 5.74) is 0.539. The average Bonchev–Trinajstić information content (AvgIpc) is 2.51. The number of hydrogen-bond acceptors (Lipinski definition) is 1. The number of hydrogen-bond donors (Lipinski definition) is 0. The first-order chi connectivity index (χ1) is 10.5. The number of aryl methyl sites for hydroxylation is 2. The molecule has 2 nitrogen and oxygen atoms in total. The van der Waals surface area contributed by atoms with Crippen LogP contribution in [-0.2, 0) is 19.1 Å². The number of benzene rings is 1. The highest BCUT2D eigenvalue weighted by Crippen LogP contribution is 2.31. The molecule has 1 heterocycles. The van der Waals surface area contributed by atoms with Crippen LogP contribution in [-0.4, -0.2) is 6.61 Å². The third kappa shape index (κ3) is 5.75. The lowest BCUT2D eigenvalue weighted by molar-refractivity contribution is -0.704. The van der Waals surface area contributed by atoms with Gasteiger partial charge in [0.1, 0.15) is 5.75 Å². The third-order valence-corrected chi connectivity index (χ3v) is 3.37. The zero-order valence-corrected chi connectivity index (χ0v) is 13.6. The lowest BCUT2D eigenvalue weighted by Gasteiger charge is -2.10. The van der Waals surface area contributed by atoms with Gasteiger partial charge >= 0.3 is 6.18 Å². The van der Waals surface area contributed by atoms with Gasteiger partial charge in [-0.1, -0.05) is 19.1 Å². The quantitative estimate of drug-likeness (QED) is 0.563. The molecule has 0 radical (unpaired) electrons. The maximum Gasteiger partial charge on any atom is 0.416 e. The summed E-state index contributed by atoms with van der Waals surface area (Å²) in [5.74, 6) is 0.253. The summed E-state index contributed by atoms with van der Waals surface area (Å²) in [7, 11) is 0. The van der Waals surface area contributed by atoms with E-state index in [1.807, 2.05) is 18.3 Å². The molecular weight excluding hydrogens is 327 g/mol. The molecule has 0 amide bonds. The van der Waals surface area contributed by atoms with Gasteiger partial charge in [-0.25, -0.2) is 4.57 Å². The molecule has 0 fully saturated rings. The molecule has 23 heavy (non-hydrogen) atoms. The van der Waals surface area contributed by atoms with Crippen molar-refractivity contribution < 1.29 is 34.9 Å². The molecule has 0 unspecified atom stereocenters. The summed E-state index contributed by atoms with van der Waals surface area (Å²) in [6.45, 7) is 3.25.